The van der Waals surface area contributed by atoms with Gasteiger partial charge >= 0.3 is 18.9 Å². The van der Waals surface area contributed by atoms with Gasteiger partial charge in [0.05, 0.1) is 0 Å². The van der Waals surface area contributed by atoms with E-state index < -0.39 is 0 Å². The Balaban J connectivity index is 0.00000147. The van der Waals surface area contributed by atoms with E-state index in [0.717, 1.165) is 0 Å². The Kier molecular flexibility index (Phi) is 5.30. The first-order chi connectivity index (χ1) is 9.45. The average molecular weight is 250 g/mol. The molecule has 0 aromatic heterocycles. The number of hydrogen-bond acceptors (Lipinski definition) is 0. The zero-order valence-electron chi connectivity index (χ0n) is 10.7. The van der Waals surface area contributed by atoms with Gasteiger partial charge in [-0.25, -0.2) is 0 Å². The average Bonchev–Trinajstić information content (AvgIpc) is 2.51. The predicted molar refractivity (Wildman–Crippen MR) is 91.1 cm³/mol. The Bertz CT molecular complexity index is 529. The smallest absolute Gasteiger partial charge is 0.0687 e. The second kappa shape index (κ2) is 7.20. The molecular formula is C18H16BLi. The Hall–Kier alpha value is -1.68. The Morgan fingerprint density at radius 2 is 0.650 bits per heavy atom. The van der Waals surface area contributed by atoms with Crippen molar-refractivity contribution >= 4 is 42.0 Å². The van der Waals surface area contributed by atoms with Crippen LogP contribution < -0.4 is 16.4 Å². The molecule has 0 fully saturated rings. The zero-order valence-corrected chi connectivity index (χ0v) is 10.7. The molecule has 0 nitrogen and oxygen atoms in total. The minimum absolute atomic E-state index is 0. The van der Waals surface area contributed by atoms with E-state index in [-0.39, 0.29) is 18.9 Å². The van der Waals surface area contributed by atoms with Gasteiger partial charge in [0.25, 0.3) is 0 Å². The third-order valence-electron chi connectivity index (χ3n) is 3.40. The maximum Gasteiger partial charge on any atom is 0.241 e. The summed E-state index contributed by atoms with van der Waals surface area (Å²) < 4.78 is 0. The van der Waals surface area contributed by atoms with Gasteiger partial charge < -0.3 is 0 Å². The second-order valence-electron chi connectivity index (χ2n) is 4.67. The molecule has 0 aliphatic rings. The molecule has 0 unspecified atom stereocenters. The molecule has 0 amide bonds. The minimum Gasteiger partial charge on any atom is -0.0687 e. The van der Waals surface area contributed by atoms with Crippen LogP contribution in [0.25, 0.3) is 0 Å². The van der Waals surface area contributed by atoms with Crippen molar-refractivity contribution in [1.29, 1.82) is 0 Å². The van der Waals surface area contributed by atoms with E-state index in [1.54, 1.807) is 0 Å². The predicted octanol–water partition coefficient (Wildman–Crippen LogP) is 1.55. The van der Waals surface area contributed by atoms with Crippen LogP contribution in [0.1, 0.15) is 0 Å². The van der Waals surface area contributed by atoms with Gasteiger partial charge in [-0.3, -0.25) is 0 Å². The molecule has 0 N–H and O–H groups in total. The third kappa shape index (κ3) is 3.25. The van der Waals surface area contributed by atoms with Crippen molar-refractivity contribution in [3.63, 3.8) is 0 Å². The van der Waals surface area contributed by atoms with E-state index in [0.29, 0.717) is 6.71 Å². The molecule has 0 bridgehead atoms. The first-order valence-electron chi connectivity index (χ1n) is 6.60. The molecule has 3 aromatic carbocycles. The SMILES string of the molecule is [LiH].c1ccc(B(c2ccccc2)c2ccccc2)cc1. The van der Waals surface area contributed by atoms with Crippen molar-refractivity contribution in [3.8, 4) is 0 Å². The monoisotopic (exact) mass is 250 g/mol. The molecule has 2 heteroatoms. The summed E-state index contributed by atoms with van der Waals surface area (Å²) >= 11 is 0. The number of benzene rings is 3. The van der Waals surface area contributed by atoms with Crippen molar-refractivity contribution in [1.82, 2.24) is 0 Å². The van der Waals surface area contributed by atoms with Crippen LogP contribution in [0.2, 0.25) is 0 Å². The van der Waals surface area contributed by atoms with E-state index in [4.69, 9.17) is 0 Å². The molecule has 0 saturated heterocycles. The molecule has 0 atom stereocenters. The first kappa shape index (κ1) is 14.7. The fourth-order valence-corrected chi connectivity index (χ4v) is 2.51. The number of hydrogen-bond donors (Lipinski definition) is 0. The van der Waals surface area contributed by atoms with Crippen LogP contribution in [-0.4, -0.2) is 25.6 Å². The van der Waals surface area contributed by atoms with Crippen molar-refractivity contribution in [2.45, 2.75) is 0 Å². The Morgan fingerprint density at radius 3 is 0.900 bits per heavy atom. The summed E-state index contributed by atoms with van der Waals surface area (Å²) in [6.07, 6.45) is 0. The fourth-order valence-electron chi connectivity index (χ4n) is 2.51. The van der Waals surface area contributed by atoms with Crippen LogP contribution in [-0.2, 0) is 0 Å². The molecule has 0 heterocycles. The summed E-state index contributed by atoms with van der Waals surface area (Å²) in [5.41, 5.74) is 4.00. The van der Waals surface area contributed by atoms with Gasteiger partial charge in [-0.1, -0.05) is 107 Å². The van der Waals surface area contributed by atoms with Crippen molar-refractivity contribution in [2.24, 2.45) is 0 Å². The summed E-state index contributed by atoms with van der Waals surface area (Å²) in [5.74, 6) is 0. The maximum absolute atomic E-state index is 2.20. The maximum atomic E-state index is 2.20. The molecular weight excluding hydrogens is 234 g/mol. The summed E-state index contributed by atoms with van der Waals surface area (Å²) in [7, 11) is 0. The molecule has 0 spiro atoms. The normalized spacial score (nSPS) is 9.60. The first-order valence-corrected chi connectivity index (χ1v) is 6.60. The molecule has 92 valence electrons. The molecule has 0 aliphatic carbocycles. The Labute approximate surface area is 133 Å². The van der Waals surface area contributed by atoms with Crippen LogP contribution in [0.3, 0.4) is 0 Å². The molecule has 0 radical (unpaired) electrons. The van der Waals surface area contributed by atoms with Gasteiger partial charge in [-0.2, -0.15) is 0 Å². The van der Waals surface area contributed by atoms with Gasteiger partial charge in [0.15, 0.2) is 0 Å². The van der Waals surface area contributed by atoms with Crippen molar-refractivity contribution in [2.75, 3.05) is 0 Å². The summed E-state index contributed by atoms with van der Waals surface area (Å²) in [4.78, 5) is 0. The van der Waals surface area contributed by atoms with Gasteiger partial charge in [0.1, 0.15) is 0 Å². The van der Waals surface area contributed by atoms with Gasteiger partial charge in [-0.05, 0) is 0 Å². The fraction of sp³-hybridized carbons (Fsp3) is 0. The van der Waals surface area contributed by atoms with Gasteiger partial charge in [0, 0.05) is 0 Å². The largest absolute Gasteiger partial charge is 0.241 e. The van der Waals surface area contributed by atoms with Crippen LogP contribution in [0.4, 0.5) is 0 Å². The van der Waals surface area contributed by atoms with E-state index in [1.807, 2.05) is 0 Å². The van der Waals surface area contributed by atoms with E-state index in [9.17, 15) is 0 Å². The van der Waals surface area contributed by atoms with Crippen molar-refractivity contribution < 1.29 is 0 Å². The Morgan fingerprint density at radius 1 is 0.400 bits per heavy atom. The zero-order chi connectivity index (χ0) is 12.9. The third-order valence-corrected chi connectivity index (χ3v) is 3.40. The van der Waals surface area contributed by atoms with E-state index in [1.165, 1.54) is 16.4 Å². The molecule has 0 saturated carbocycles. The van der Waals surface area contributed by atoms with Crippen LogP contribution in [0, 0.1) is 0 Å². The molecule has 0 aliphatic heterocycles. The van der Waals surface area contributed by atoms with Crippen LogP contribution in [0.15, 0.2) is 91.0 Å². The van der Waals surface area contributed by atoms with Gasteiger partial charge in [0.2, 0.25) is 6.71 Å². The van der Waals surface area contributed by atoms with Crippen LogP contribution >= 0.6 is 0 Å². The minimum atomic E-state index is 0. The topological polar surface area (TPSA) is 0 Å². The molecule has 20 heavy (non-hydrogen) atoms. The van der Waals surface area contributed by atoms with E-state index >= 15 is 0 Å². The number of rotatable bonds is 3. The van der Waals surface area contributed by atoms with Crippen LogP contribution in [0.5, 0.6) is 0 Å². The molecule has 3 aromatic rings. The van der Waals surface area contributed by atoms with E-state index in [2.05, 4.69) is 91.0 Å². The summed E-state index contributed by atoms with van der Waals surface area (Å²) in [6.45, 7) is 0.309. The quantitative estimate of drug-likeness (QED) is 0.619. The summed E-state index contributed by atoms with van der Waals surface area (Å²) in [5, 5.41) is 0. The van der Waals surface area contributed by atoms with Gasteiger partial charge in [-0.15, -0.1) is 0 Å². The summed E-state index contributed by atoms with van der Waals surface area (Å²) in [6, 6.07) is 32.0. The second-order valence-corrected chi connectivity index (χ2v) is 4.67. The van der Waals surface area contributed by atoms with Crippen molar-refractivity contribution in [3.05, 3.63) is 91.0 Å². The standard InChI is InChI=1S/C18H15B.Li.H/c1-4-10-16(11-5-1)19(17-12-6-2-7-13-17)18-14-8-3-9-15-18;;/h1-15H;;. The molecule has 3 rings (SSSR count).